The normalized spacial score (nSPS) is 10.7. The van der Waals surface area contributed by atoms with Crippen molar-refractivity contribution in [3.8, 4) is 0 Å². The topological polar surface area (TPSA) is 26.3 Å². The zero-order chi connectivity index (χ0) is 18.2. The molecule has 0 heterocycles. The first-order valence-electron chi connectivity index (χ1n) is 8.92. The Morgan fingerprint density at radius 3 is 1.44 bits per heavy atom. The highest BCUT2D eigenvalue weighted by atomic mass is 79.9. The highest BCUT2D eigenvalue weighted by Gasteiger charge is 2.44. The number of ether oxygens (including phenoxy) is 1. The summed E-state index contributed by atoms with van der Waals surface area (Å²) in [4.78, 5) is 11.2. The Balaban J connectivity index is 0.00000261. The molecule has 3 rings (SSSR count). The van der Waals surface area contributed by atoms with Crippen LogP contribution < -0.4 is 15.9 Å². The molecule has 0 spiro atoms. The third-order valence-corrected chi connectivity index (χ3v) is 9.06. The van der Waals surface area contributed by atoms with Crippen LogP contribution in [0.5, 0.6) is 0 Å². The maximum absolute atomic E-state index is 11.2. The van der Waals surface area contributed by atoms with Crippen molar-refractivity contribution in [2.45, 2.75) is 13.3 Å². The zero-order valence-corrected chi connectivity index (χ0v) is 18.1. The SMILES string of the molecule is Br.CC(=O)OCCC[P+](c1ccccc1)(c1ccccc1)c1ccccc1. The molecule has 2 nitrogen and oxygen atoms in total. The summed E-state index contributed by atoms with van der Waals surface area (Å²) in [5, 5.41) is 4.08. The molecule has 0 atom stereocenters. The van der Waals surface area contributed by atoms with Gasteiger partial charge in [-0.3, -0.25) is 4.79 Å². The van der Waals surface area contributed by atoms with E-state index in [9.17, 15) is 4.79 Å². The van der Waals surface area contributed by atoms with E-state index in [1.54, 1.807) is 0 Å². The molecule has 0 saturated heterocycles. The molecule has 0 unspecified atom stereocenters. The van der Waals surface area contributed by atoms with Gasteiger partial charge in [-0.1, -0.05) is 54.6 Å². The molecule has 4 heteroatoms. The van der Waals surface area contributed by atoms with Gasteiger partial charge in [0.1, 0.15) is 23.2 Å². The Hall–Kier alpha value is -1.96. The monoisotopic (exact) mass is 443 g/mol. The number of carbonyl (C=O) groups excluding carboxylic acids is 1. The molecule has 0 amide bonds. The minimum atomic E-state index is -1.80. The highest BCUT2D eigenvalue weighted by Crippen LogP contribution is 2.55. The molecule has 0 bridgehead atoms. The summed E-state index contributed by atoms with van der Waals surface area (Å²) in [5.74, 6) is -0.215. The molecule has 3 aromatic rings. The van der Waals surface area contributed by atoms with Crippen molar-refractivity contribution >= 4 is 46.1 Å². The van der Waals surface area contributed by atoms with Crippen molar-refractivity contribution in [1.29, 1.82) is 0 Å². The fourth-order valence-corrected chi connectivity index (χ4v) is 7.72. The summed E-state index contributed by atoms with van der Waals surface area (Å²) in [7, 11) is -1.80. The largest absolute Gasteiger partial charge is 0.466 e. The second-order valence-corrected chi connectivity index (χ2v) is 9.85. The van der Waals surface area contributed by atoms with Gasteiger partial charge in [0.05, 0.1) is 12.8 Å². The third-order valence-electron chi connectivity index (χ3n) is 4.53. The fraction of sp³-hybridized carbons (Fsp3) is 0.174. The van der Waals surface area contributed by atoms with Gasteiger partial charge in [-0.2, -0.15) is 0 Å². The van der Waals surface area contributed by atoms with Crippen molar-refractivity contribution in [2.75, 3.05) is 12.8 Å². The van der Waals surface area contributed by atoms with Crippen LogP contribution in [0.25, 0.3) is 0 Å². The maximum Gasteiger partial charge on any atom is 0.302 e. The number of esters is 1. The molecule has 0 N–H and O–H groups in total. The number of hydrogen-bond donors (Lipinski definition) is 0. The summed E-state index contributed by atoms with van der Waals surface area (Å²) in [6.45, 7) is 1.93. The lowest BCUT2D eigenvalue weighted by Crippen LogP contribution is -2.33. The minimum absolute atomic E-state index is 0. The van der Waals surface area contributed by atoms with E-state index in [0.29, 0.717) is 6.61 Å². The number of benzene rings is 3. The van der Waals surface area contributed by atoms with Crippen LogP contribution in [0.2, 0.25) is 0 Å². The molecule has 140 valence electrons. The van der Waals surface area contributed by atoms with Gasteiger partial charge in [-0.25, -0.2) is 0 Å². The van der Waals surface area contributed by atoms with E-state index in [4.69, 9.17) is 4.74 Å². The van der Waals surface area contributed by atoms with Crippen molar-refractivity contribution in [2.24, 2.45) is 0 Å². The van der Waals surface area contributed by atoms with E-state index >= 15 is 0 Å². The van der Waals surface area contributed by atoms with Gasteiger partial charge in [0, 0.05) is 13.3 Å². The molecule has 0 aliphatic carbocycles. The Morgan fingerprint density at radius 1 is 0.741 bits per heavy atom. The van der Waals surface area contributed by atoms with Crippen LogP contribution in [-0.2, 0) is 9.53 Å². The van der Waals surface area contributed by atoms with Crippen LogP contribution in [-0.4, -0.2) is 18.7 Å². The van der Waals surface area contributed by atoms with Gasteiger partial charge < -0.3 is 4.74 Å². The average molecular weight is 444 g/mol. The standard InChI is InChI=1S/C23H24O2P.BrH/c1-20(24)25-18-11-19-26(21-12-5-2-6-13-21,22-14-7-3-8-15-22)23-16-9-4-10-17-23;/h2-10,12-17H,11,18-19H2,1H3;1H/q+1;. The molecule has 0 aromatic heterocycles. The molecular formula is C23H25BrO2P+. The van der Waals surface area contributed by atoms with Gasteiger partial charge in [-0.15, -0.1) is 17.0 Å². The minimum Gasteiger partial charge on any atom is -0.466 e. The molecule has 3 aromatic carbocycles. The smallest absolute Gasteiger partial charge is 0.302 e. The molecule has 0 saturated carbocycles. The predicted octanol–water partition coefficient (Wildman–Crippen LogP) is 4.51. The van der Waals surface area contributed by atoms with Gasteiger partial charge in [0.15, 0.2) is 0 Å². The first-order chi connectivity index (χ1) is 12.7. The maximum atomic E-state index is 11.2. The third kappa shape index (κ3) is 5.06. The summed E-state index contributed by atoms with van der Waals surface area (Å²) in [5.41, 5.74) is 0. The van der Waals surface area contributed by atoms with E-state index in [2.05, 4.69) is 91.0 Å². The molecular weight excluding hydrogens is 419 g/mol. The van der Waals surface area contributed by atoms with Crippen molar-refractivity contribution in [1.82, 2.24) is 0 Å². The van der Waals surface area contributed by atoms with Crippen molar-refractivity contribution < 1.29 is 9.53 Å². The zero-order valence-electron chi connectivity index (χ0n) is 15.5. The number of hydrogen-bond acceptors (Lipinski definition) is 2. The van der Waals surface area contributed by atoms with Crippen LogP contribution in [0.1, 0.15) is 13.3 Å². The first-order valence-corrected chi connectivity index (χ1v) is 10.9. The van der Waals surface area contributed by atoms with Gasteiger partial charge in [0.25, 0.3) is 0 Å². The molecule has 0 radical (unpaired) electrons. The van der Waals surface area contributed by atoms with E-state index in [1.807, 2.05) is 0 Å². The summed E-state index contributed by atoms with van der Waals surface area (Å²) < 4.78 is 5.22. The molecule has 0 fully saturated rings. The highest BCUT2D eigenvalue weighted by molar-refractivity contribution is 8.93. The number of halogens is 1. The Morgan fingerprint density at radius 2 is 1.11 bits per heavy atom. The van der Waals surface area contributed by atoms with Crippen LogP contribution in [0.3, 0.4) is 0 Å². The van der Waals surface area contributed by atoms with Gasteiger partial charge >= 0.3 is 5.97 Å². The second kappa shape index (κ2) is 10.4. The lowest BCUT2D eigenvalue weighted by Gasteiger charge is -2.27. The molecule has 27 heavy (non-hydrogen) atoms. The predicted molar refractivity (Wildman–Crippen MR) is 122 cm³/mol. The van der Waals surface area contributed by atoms with E-state index in [1.165, 1.54) is 22.8 Å². The average Bonchev–Trinajstić information content (AvgIpc) is 2.70. The molecule has 0 aliphatic heterocycles. The van der Waals surface area contributed by atoms with E-state index < -0.39 is 7.26 Å². The number of carbonyl (C=O) groups is 1. The Kier molecular flexibility index (Phi) is 8.22. The summed E-state index contributed by atoms with van der Waals surface area (Å²) in [6.07, 6.45) is 1.81. The van der Waals surface area contributed by atoms with Crippen molar-refractivity contribution in [3.05, 3.63) is 91.0 Å². The van der Waals surface area contributed by atoms with E-state index in [-0.39, 0.29) is 23.0 Å². The second-order valence-electron chi connectivity index (χ2n) is 6.23. The van der Waals surface area contributed by atoms with Crippen LogP contribution >= 0.6 is 24.2 Å². The summed E-state index contributed by atoms with van der Waals surface area (Å²) >= 11 is 0. The Bertz CT molecular complexity index is 726. The summed E-state index contributed by atoms with van der Waals surface area (Å²) in [6, 6.07) is 32.3. The fourth-order valence-electron chi connectivity index (χ4n) is 3.40. The van der Waals surface area contributed by atoms with Crippen molar-refractivity contribution in [3.63, 3.8) is 0 Å². The van der Waals surface area contributed by atoms with Crippen LogP contribution in [0.4, 0.5) is 0 Å². The quantitative estimate of drug-likeness (QED) is 0.305. The number of rotatable bonds is 7. The van der Waals surface area contributed by atoms with Gasteiger partial charge in [-0.05, 0) is 36.4 Å². The lowest BCUT2D eigenvalue weighted by molar-refractivity contribution is -0.140. The van der Waals surface area contributed by atoms with Gasteiger partial charge in [0.2, 0.25) is 0 Å². The molecule has 0 aliphatic rings. The van der Waals surface area contributed by atoms with Crippen LogP contribution in [0.15, 0.2) is 91.0 Å². The first kappa shape index (κ1) is 21.3. The Labute approximate surface area is 172 Å². The van der Waals surface area contributed by atoms with Crippen LogP contribution in [0, 0.1) is 0 Å². The lowest BCUT2D eigenvalue weighted by atomic mass is 10.4. The van der Waals surface area contributed by atoms with E-state index in [0.717, 1.165) is 12.6 Å².